The Labute approximate surface area is 111 Å². The van der Waals surface area contributed by atoms with Crippen molar-refractivity contribution in [1.29, 1.82) is 0 Å². The van der Waals surface area contributed by atoms with Gasteiger partial charge in [-0.3, -0.25) is 4.79 Å². The molecule has 3 atom stereocenters. The molecule has 98 valence electrons. The minimum absolute atomic E-state index is 0.176. The van der Waals surface area contributed by atoms with E-state index in [-0.39, 0.29) is 17.8 Å². The first-order valence-corrected chi connectivity index (χ1v) is 6.78. The maximum atomic E-state index is 12.6. The summed E-state index contributed by atoms with van der Waals surface area (Å²) < 4.78 is 0. The molecule has 3 unspecified atom stereocenters. The number of fused-ring (bicyclic) bond motifs is 3. The van der Waals surface area contributed by atoms with Crippen molar-refractivity contribution in [3.8, 4) is 0 Å². The molecule has 19 heavy (non-hydrogen) atoms. The Morgan fingerprint density at radius 2 is 2.21 bits per heavy atom. The van der Waals surface area contributed by atoms with Crippen LogP contribution in [0.5, 0.6) is 0 Å². The molecular formula is C14H16N4O. The number of carbonyl (C=O) groups is 1. The number of amides is 1. The zero-order chi connectivity index (χ0) is 13.0. The van der Waals surface area contributed by atoms with Gasteiger partial charge in [0, 0.05) is 24.2 Å². The maximum Gasteiger partial charge on any atom is 0.226 e. The topological polar surface area (TPSA) is 72.1 Å². The molecular weight excluding hydrogens is 240 g/mol. The van der Waals surface area contributed by atoms with Crippen LogP contribution < -0.4 is 5.73 Å². The lowest BCUT2D eigenvalue weighted by Gasteiger charge is -2.23. The molecule has 0 saturated heterocycles. The third kappa shape index (κ3) is 1.64. The van der Waals surface area contributed by atoms with Crippen molar-refractivity contribution in [2.24, 2.45) is 17.8 Å². The van der Waals surface area contributed by atoms with Gasteiger partial charge in [0.15, 0.2) is 0 Å². The summed E-state index contributed by atoms with van der Waals surface area (Å²) in [5, 5.41) is 0. The van der Waals surface area contributed by atoms with Gasteiger partial charge in [-0.05, 0) is 24.7 Å². The monoisotopic (exact) mass is 256 g/mol. The van der Waals surface area contributed by atoms with Crippen molar-refractivity contribution in [2.45, 2.75) is 25.9 Å². The van der Waals surface area contributed by atoms with Gasteiger partial charge >= 0.3 is 0 Å². The molecule has 0 radical (unpaired) electrons. The van der Waals surface area contributed by atoms with E-state index < -0.39 is 0 Å². The second-order valence-electron chi connectivity index (χ2n) is 5.78. The fourth-order valence-electron chi connectivity index (χ4n) is 3.62. The largest absolute Gasteiger partial charge is 0.368 e. The van der Waals surface area contributed by atoms with E-state index in [0.717, 1.165) is 24.1 Å². The molecule has 0 aromatic carbocycles. The Balaban J connectivity index is 1.53. The van der Waals surface area contributed by atoms with E-state index in [9.17, 15) is 4.79 Å². The van der Waals surface area contributed by atoms with Crippen molar-refractivity contribution >= 4 is 11.9 Å². The minimum atomic E-state index is 0.176. The first-order chi connectivity index (χ1) is 9.20. The lowest BCUT2D eigenvalue weighted by atomic mass is 9.92. The van der Waals surface area contributed by atoms with E-state index in [4.69, 9.17) is 5.73 Å². The molecule has 1 aromatic heterocycles. The number of allylic oxidation sites excluding steroid dienone is 2. The summed E-state index contributed by atoms with van der Waals surface area (Å²) in [6, 6.07) is 0. The third-order valence-corrected chi connectivity index (χ3v) is 4.58. The van der Waals surface area contributed by atoms with Crippen LogP contribution in [0.2, 0.25) is 0 Å². The van der Waals surface area contributed by atoms with Gasteiger partial charge in [-0.1, -0.05) is 12.2 Å². The fourth-order valence-corrected chi connectivity index (χ4v) is 3.62. The Bertz CT molecular complexity index is 583. The quantitative estimate of drug-likeness (QED) is 0.764. The van der Waals surface area contributed by atoms with Crippen molar-refractivity contribution in [2.75, 3.05) is 5.73 Å². The highest BCUT2D eigenvalue weighted by Gasteiger charge is 2.42. The highest BCUT2D eigenvalue weighted by Crippen LogP contribution is 2.44. The summed E-state index contributed by atoms with van der Waals surface area (Å²) in [4.78, 5) is 22.7. The molecule has 5 heteroatoms. The van der Waals surface area contributed by atoms with Crippen molar-refractivity contribution in [3.05, 3.63) is 29.6 Å². The number of aromatic nitrogens is 2. The molecule has 1 fully saturated rings. The summed E-state index contributed by atoms with van der Waals surface area (Å²) in [5.74, 6) is 1.82. The third-order valence-electron chi connectivity index (χ3n) is 4.58. The smallest absolute Gasteiger partial charge is 0.226 e. The average molecular weight is 256 g/mol. The molecule has 1 aromatic rings. The first kappa shape index (κ1) is 11.0. The second kappa shape index (κ2) is 3.79. The molecule has 0 spiro atoms. The van der Waals surface area contributed by atoms with Gasteiger partial charge < -0.3 is 10.6 Å². The molecule has 5 nitrogen and oxygen atoms in total. The zero-order valence-electron chi connectivity index (χ0n) is 10.6. The van der Waals surface area contributed by atoms with Gasteiger partial charge in [0.25, 0.3) is 0 Å². The molecule has 3 aliphatic rings. The summed E-state index contributed by atoms with van der Waals surface area (Å²) in [5.41, 5.74) is 7.52. The molecule has 4 rings (SSSR count). The first-order valence-electron chi connectivity index (χ1n) is 6.78. The number of carbonyl (C=O) groups excluding carboxylic acids is 1. The lowest BCUT2D eigenvalue weighted by molar-refractivity contribution is -0.137. The summed E-state index contributed by atoms with van der Waals surface area (Å²) in [6.07, 6.45) is 8.40. The number of nitrogens with two attached hydrogens (primary N) is 1. The predicted molar refractivity (Wildman–Crippen MR) is 69.5 cm³/mol. The highest BCUT2D eigenvalue weighted by molar-refractivity contribution is 5.80. The van der Waals surface area contributed by atoms with E-state index in [1.807, 2.05) is 4.90 Å². The number of hydrogen-bond donors (Lipinski definition) is 1. The van der Waals surface area contributed by atoms with Crippen LogP contribution in [0, 0.1) is 17.8 Å². The normalized spacial score (nSPS) is 30.9. The van der Waals surface area contributed by atoms with Crippen LogP contribution in [-0.2, 0) is 17.9 Å². The molecule has 2 aliphatic carbocycles. The summed E-state index contributed by atoms with van der Waals surface area (Å²) in [6.45, 7) is 1.21. The molecule has 1 aliphatic heterocycles. The van der Waals surface area contributed by atoms with E-state index in [1.54, 1.807) is 6.20 Å². The van der Waals surface area contributed by atoms with E-state index in [2.05, 4.69) is 22.1 Å². The van der Waals surface area contributed by atoms with Crippen molar-refractivity contribution in [3.63, 3.8) is 0 Å². The van der Waals surface area contributed by atoms with Crippen LogP contribution in [-0.4, -0.2) is 20.8 Å². The van der Waals surface area contributed by atoms with Gasteiger partial charge in [-0.25, -0.2) is 9.97 Å². The van der Waals surface area contributed by atoms with E-state index in [0.29, 0.717) is 24.9 Å². The Morgan fingerprint density at radius 1 is 1.32 bits per heavy atom. The number of anilines is 1. The second-order valence-corrected chi connectivity index (χ2v) is 5.78. The highest BCUT2D eigenvalue weighted by atomic mass is 16.2. The molecule has 1 amide bonds. The van der Waals surface area contributed by atoms with Crippen LogP contribution in [0.15, 0.2) is 18.3 Å². The van der Waals surface area contributed by atoms with Crippen LogP contribution in [0.4, 0.5) is 5.95 Å². The average Bonchev–Trinajstić information content (AvgIpc) is 3.11. The predicted octanol–water partition coefficient (Wildman–Crippen LogP) is 1.11. The minimum Gasteiger partial charge on any atom is -0.368 e. The van der Waals surface area contributed by atoms with Crippen LogP contribution in [0.3, 0.4) is 0 Å². The van der Waals surface area contributed by atoms with Gasteiger partial charge in [0.05, 0.1) is 12.2 Å². The fraction of sp³-hybridized carbons (Fsp3) is 0.500. The Hall–Kier alpha value is -1.91. The van der Waals surface area contributed by atoms with Gasteiger partial charge in [-0.2, -0.15) is 0 Å². The van der Waals surface area contributed by atoms with E-state index in [1.165, 1.54) is 0 Å². The molecule has 2 bridgehead atoms. The standard InChI is InChI=1S/C14H16N4O/c15-14-16-5-10-6-18(7-12(10)17-14)13(19)11-4-8-1-2-9(11)3-8/h1-2,5,8-9,11H,3-4,6-7H2,(H2,15,16,17). The van der Waals surface area contributed by atoms with Gasteiger partial charge in [0.2, 0.25) is 11.9 Å². The Kier molecular flexibility index (Phi) is 2.19. The lowest BCUT2D eigenvalue weighted by Crippen LogP contribution is -2.34. The Morgan fingerprint density at radius 3 is 2.95 bits per heavy atom. The molecule has 2 heterocycles. The van der Waals surface area contributed by atoms with Crippen molar-refractivity contribution < 1.29 is 4.79 Å². The zero-order valence-corrected chi connectivity index (χ0v) is 10.6. The maximum absolute atomic E-state index is 12.6. The van der Waals surface area contributed by atoms with Crippen molar-refractivity contribution in [1.82, 2.24) is 14.9 Å². The molecule has 1 saturated carbocycles. The number of rotatable bonds is 1. The number of nitrogen functional groups attached to an aromatic ring is 1. The SMILES string of the molecule is Nc1ncc2c(n1)CN(C(=O)C1CC3C=CC1C3)C2. The van der Waals surface area contributed by atoms with E-state index >= 15 is 0 Å². The summed E-state index contributed by atoms with van der Waals surface area (Å²) >= 11 is 0. The van der Waals surface area contributed by atoms with Crippen LogP contribution in [0.1, 0.15) is 24.1 Å². The number of nitrogens with zero attached hydrogens (tertiary/aromatic N) is 3. The van der Waals surface area contributed by atoms with Gasteiger partial charge in [-0.15, -0.1) is 0 Å². The molecule has 2 N–H and O–H groups in total. The number of hydrogen-bond acceptors (Lipinski definition) is 4. The van der Waals surface area contributed by atoms with Gasteiger partial charge in [0.1, 0.15) is 0 Å². The van der Waals surface area contributed by atoms with Crippen LogP contribution in [0.25, 0.3) is 0 Å². The van der Waals surface area contributed by atoms with Crippen LogP contribution >= 0.6 is 0 Å². The summed E-state index contributed by atoms with van der Waals surface area (Å²) in [7, 11) is 0.